The molecule has 0 aromatic carbocycles. The molecular formula is C23H40N5O4. The van der Waals surface area contributed by atoms with Crippen LogP contribution in [0.3, 0.4) is 0 Å². The Balaban J connectivity index is 1.74. The van der Waals surface area contributed by atoms with Crippen molar-refractivity contribution in [3.05, 3.63) is 5.92 Å². The Kier molecular flexibility index (Phi) is 9.31. The number of hydrogen-bond donors (Lipinski definition) is 2. The lowest BCUT2D eigenvalue weighted by molar-refractivity contribution is -0.141. The second-order valence-electron chi connectivity index (χ2n) is 9.25. The number of rotatable bonds is 7. The van der Waals surface area contributed by atoms with Crippen molar-refractivity contribution in [1.82, 2.24) is 24.9 Å². The average Bonchev–Trinajstić information content (AvgIpc) is 2.82. The molecule has 3 amide bonds. The molecule has 3 heterocycles. The van der Waals surface area contributed by atoms with Gasteiger partial charge in [0.05, 0.1) is 18.4 Å². The molecule has 3 aliphatic rings. The van der Waals surface area contributed by atoms with Gasteiger partial charge in [0.1, 0.15) is 0 Å². The normalized spacial score (nSPS) is 24.0. The fourth-order valence-electron chi connectivity index (χ4n) is 5.16. The van der Waals surface area contributed by atoms with E-state index in [4.69, 9.17) is 0 Å². The highest BCUT2D eigenvalue weighted by Gasteiger charge is 2.40. The van der Waals surface area contributed by atoms with Gasteiger partial charge in [-0.25, -0.2) is 0 Å². The summed E-state index contributed by atoms with van der Waals surface area (Å²) in [4.78, 5) is 47.0. The number of nitrogens with one attached hydrogen (secondary N) is 1. The Hall–Kier alpha value is -1.71. The van der Waals surface area contributed by atoms with Crippen LogP contribution in [0, 0.1) is 11.8 Å². The van der Waals surface area contributed by atoms with Crippen LogP contribution in [0.2, 0.25) is 0 Å². The number of amides is 3. The number of piperidine rings is 1. The molecule has 3 saturated heterocycles. The van der Waals surface area contributed by atoms with E-state index in [9.17, 15) is 19.5 Å². The highest BCUT2D eigenvalue weighted by molar-refractivity contribution is 5.97. The summed E-state index contributed by atoms with van der Waals surface area (Å²) in [7, 11) is 0. The zero-order valence-electron chi connectivity index (χ0n) is 19.7. The summed E-state index contributed by atoms with van der Waals surface area (Å²) in [6.07, 6.45) is 3.36. The highest BCUT2D eigenvalue weighted by Crippen LogP contribution is 2.31. The number of nitrogens with zero attached hydrogens (tertiary/aromatic N) is 4. The molecule has 1 radical (unpaired) electrons. The molecule has 181 valence electrons. The fraction of sp³-hybridized carbons (Fsp3) is 0.826. The first-order chi connectivity index (χ1) is 15.4. The molecule has 2 atom stereocenters. The maximum absolute atomic E-state index is 13.7. The molecule has 0 aromatic rings. The van der Waals surface area contributed by atoms with Gasteiger partial charge in [-0.05, 0) is 25.7 Å². The molecule has 32 heavy (non-hydrogen) atoms. The maximum Gasteiger partial charge on any atom is 0.230 e. The van der Waals surface area contributed by atoms with E-state index in [1.54, 1.807) is 6.92 Å². The summed E-state index contributed by atoms with van der Waals surface area (Å²) in [5, 5.41) is 12.5. The molecule has 3 rings (SSSR count). The van der Waals surface area contributed by atoms with Crippen molar-refractivity contribution in [2.45, 2.75) is 45.6 Å². The molecular weight excluding hydrogens is 410 g/mol. The van der Waals surface area contributed by atoms with Crippen LogP contribution < -0.4 is 5.32 Å². The van der Waals surface area contributed by atoms with E-state index in [2.05, 4.69) is 10.2 Å². The number of likely N-dealkylation sites (tertiary alicyclic amines) is 1. The Morgan fingerprint density at radius 1 is 0.969 bits per heavy atom. The lowest BCUT2D eigenvalue weighted by Gasteiger charge is -2.41. The van der Waals surface area contributed by atoms with Gasteiger partial charge in [-0.1, -0.05) is 6.92 Å². The molecule has 9 nitrogen and oxygen atoms in total. The Morgan fingerprint density at radius 3 is 2.28 bits per heavy atom. The van der Waals surface area contributed by atoms with Gasteiger partial charge in [-0.3, -0.25) is 19.3 Å². The van der Waals surface area contributed by atoms with Crippen LogP contribution in [-0.4, -0.2) is 121 Å². The summed E-state index contributed by atoms with van der Waals surface area (Å²) < 4.78 is 0. The second-order valence-corrected chi connectivity index (χ2v) is 9.25. The SMILES string of the molecule is CC(=O)N1CCCCC1C[C](C(=O)N1CCN(CCO)CC1)C(C)C(=O)N1CCNCC1. The zero-order chi connectivity index (χ0) is 23.1. The zero-order valence-corrected chi connectivity index (χ0v) is 19.7. The number of hydrogen-bond acceptors (Lipinski definition) is 6. The van der Waals surface area contributed by atoms with E-state index in [-0.39, 0.29) is 30.4 Å². The first kappa shape index (κ1) is 24.9. The smallest absolute Gasteiger partial charge is 0.230 e. The van der Waals surface area contributed by atoms with Gasteiger partial charge in [-0.2, -0.15) is 0 Å². The van der Waals surface area contributed by atoms with Crippen molar-refractivity contribution >= 4 is 17.7 Å². The van der Waals surface area contributed by atoms with Gasteiger partial charge < -0.3 is 25.1 Å². The second kappa shape index (κ2) is 12.0. The number of piperazine rings is 2. The molecule has 2 N–H and O–H groups in total. The largest absolute Gasteiger partial charge is 0.395 e. The molecule has 0 saturated carbocycles. The maximum atomic E-state index is 13.7. The Morgan fingerprint density at radius 2 is 1.66 bits per heavy atom. The summed E-state index contributed by atoms with van der Waals surface area (Å²) >= 11 is 0. The predicted molar refractivity (Wildman–Crippen MR) is 122 cm³/mol. The third-order valence-corrected chi connectivity index (χ3v) is 7.16. The standard InChI is InChI=1S/C23H40N5O4/c1-18(22(31)26-9-6-24-7-10-26)21(17-20-5-3-4-8-28(20)19(2)30)23(32)27-13-11-25(12-14-27)15-16-29/h18,20,24,29H,3-17H2,1-2H3. The van der Waals surface area contributed by atoms with Crippen LogP contribution >= 0.6 is 0 Å². The van der Waals surface area contributed by atoms with Crippen LogP contribution in [0.15, 0.2) is 0 Å². The summed E-state index contributed by atoms with van der Waals surface area (Å²) in [5.41, 5.74) is 0. The van der Waals surface area contributed by atoms with Crippen molar-refractivity contribution in [2.24, 2.45) is 5.92 Å². The van der Waals surface area contributed by atoms with E-state index in [0.717, 1.165) is 52.0 Å². The Labute approximate surface area is 192 Å². The van der Waals surface area contributed by atoms with E-state index in [0.29, 0.717) is 45.1 Å². The number of carbonyl (C=O) groups excluding carboxylic acids is 3. The quantitative estimate of drug-likeness (QED) is 0.546. The average molecular weight is 451 g/mol. The van der Waals surface area contributed by atoms with Crippen LogP contribution in [0.4, 0.5) is 0 Å². The van der Waals surface area contributed by atoms with Crippen molar-refractivity contribution in [2.75, 3.05) is 72.1 Å². The van der Waals surface area contributed by atoms with E-state index >= 15 is 0 Å². The van der Waals surface area contributed by atoms with Crippen molar-refractivity contribution in [3.8, 4) is 0 Å². The van der Waals surface area contributed by atoms with E-state index < -0.39 is 5.92 Å². The predicted octanol–water partition coefficient (Wildman–Crippen LogP) is -0.444. The van der Waals surface area contributed by atoms with Gasteiger partial charge >= 0.3 is 0 Å². The Bertz CT molecular complexity index is 646. The molecule has 0 bridgehead atoms. The van der Waals surface area contributed by atoms with Crippen LogP contribution in [0.25, 0.3) is 0 Å². The third-order valence-electron chi connectivity index (χ3n) is 7.16. The van der Waals surface area contributed by atoms with Crippen LogP contribution in [-0.2, 0) is 14.4 Å². The highest BCUT2D eigenvalue weighted by atomic mass is 16.3. The van der Waals surface area contributed by atoms with Gasteiger partial charge in [0.25, 0.3) is 0 Å². The lowest BCUT2D eigenvalue weighted by atomic mass is 9.82. The van der Waals surface area contributed by atoms with Gasteiger partial charge in [0.15, 0.2) is 0 Å². The molecule has 0 aliphatic carbocycles. The molecule has 3 fully saturated rings. The molecule has 0 spiro atoms. The minimum Gasteiger partial charge on any atom is -0.395 e. The summed E-state index contributed by atoms with van der Waals surface area (Å²) in [6, 6.07) is -0.0193. The minimum absolute atomic E-state index is 0.0129. The van der Waals surface area contributed by atoms with Crippen LogP contribution in [0.1, 0.15) is 39.5 Å². The lowest BCUT2D eigenvalue weighted by Crippen LogP contribution is -2.54. The third kappa shape index (κ3) is 6.20. The fourth-order valence-corrected chi connectivity index (χ4v) is 5.16. The summed E-state index contributed by atoms with van der Waals surface area (Å²) in [6.45, 7) is 10.4. The van der Waals surface area contributed by atoms with Gasteiger partial charge in [-0.15, -0.1) is 0 Å². The molecule has 2 unspecified atom stereocenters. The van der Waals surface area contributed by atoms with Crippen molar-refractivity contribution in [3.63, 3.8) is 0 Å². The first-order valence-electron chi connectivity index (χ1n) is 12.2. The van der Waals surface area contributed by atoms with Crippen LogP contribution in [0.5, 0.6) is 0 Å². The van der Waals surface area contributed by atoms with E-state index in [1.807, 2.05) is 21.6 Å². The monoisotopic (exact) mass is 450 g/mol. The van der Waals surface area contributed by atoms with Gasteiger partial charge in [0, 0.05) is 78.4 Å². The first-order valence-corrected chi connectivity index (χ1v) is 12.2. The minimum atomic E-state index is -0.494. The summed E-state index contributed by atoms with van der Waals surface area (Å²) in [5.74, 6) is 0.159. The number of carbonyl (C=O) groups is 3. The molecule has 9 heteroatoms. The molecule has 3 aliphatic heterocycles. The topological polar surface area (TPSA) is 96.4 Å². The van der Waals surface area contributed by atoms with E-state index in [1.165, 1.54) is 0 Å². The van der Waals surface area contributed by atoms with Crippen molar-refractivity contribution in [1.29, 1.82) is 0 Å². The van der Waals surface area contributed by atoms with Gasteiger partial charge in [0.2, 0.25) is 17.7 Å². The number of aliphatic hydroxyl groups is 1. The molecule has 0 aromatic heterocycles. The number of aliphatic hydroxyl groups excluding tert-OH is 1. The van der Waals surface area contributed by atoms with Crippen molar-refractivity contribution < 1.29 is 19.5 Å². The number of β-amino-alcohol motifs (C(OH)–C–C–N with tert-alkyl or cyclic N) is 1.